The van der Waals surface area contributed by atoms with Gasteiger partial charge in [-0.1, -0.05) is 25.1 Å². The third-order valence-corrected chi connectivity index (χ3v) is 5.49. The number of amides is 1. The quantitative estimate of drug-likeness (QED) is 0.652. The average molecular weight is 371 g/mol. The summed E-state index contributed by atoms with van der Waals surface area (Å²) in [4.78, 5) is 25.9. The molecule has 0 bridgehead atoms. The maximum atomic E-state index is 12.1. The van der Waals surface area contributed by atoms with Crippen molar-refractivity contribution in [1.29, 1.82) is 0 Å². The number of hydrogen-bond acceptors (Lipinski definition) is 5. The number of benzene rings is 1. The number of carbonyl (C=O) groups excluding carboxylic acids is 2. The van der Waals surface area contributed by atoms with E-state index in [4.69, 9.17) is 9.15 Å². The molecule has 1 aromatic carbocycles. The van der Waals surface area contributed by atoms with E-state index in [0.717, 1.165) is 27.8 Å². The fourth-order valence-corrected chi connectivity index (χ4v) is 3.75. The average Bonchev–Trinajstić information content (AvgIpc) is 3.22. The lowest BCUT2D eigenvalue weighted by Crippen LogP contribution is -2.30. The van der Waals surface area contributed by atoms with Crippen LogP contribution >= 0.6 is 11.3 Å². The first kappa shape index (κ1) is 18.2. The van der Waals surface area contributed by atoms with E-state index < -0.39 is 5.97 Å². The van der Waals surface area contributed by atoms with Crippen molar-refractivity contribution >= 4 is 34.2 Å². The zero-order chi connectivity index (χ0) is 18.7. The Kier molecular flexibility index (Phi) is 5.42. The number of furan rings is 1. The Morgan fingerprint density at radius 3 is 2.73 bits per heavy atom. The highest BCUT2D eigenvalue weighted by molar-refractivity contribution is 7.14. The molecule has 6 heteroatoms. The van der Waals surface area contributed by atoms with Gasteiger partial charge in [-0.05, 0) is 44.0 Å². The number of aryl methyl sites for hydroxylation is 2. The van der Waals surface area contributed by atoms with Gasteiger partial charge in [-0.25, -0.2) is 4.79 Å². The third-order valence-electron chi connectivity index (χ3n) is 4.13. The molecule has 2 aromatic heterocycles. The van der Waals surface area contributed by atoms with Crippen LogP contribution in [0.15, 0.2) is 40.8 Å². The Morgan fingerprint density at radius 2 is 2.04 bits per heavy atom. The van der Waals surface area contributed by atoms with E-state index in [0.29, 0.717) is 10.6 Å². The van der Waals surface area contributed by atoms with Crippen LogP contribution in [-0.2, 0) is 16.0 Å². The molecule has 1 amide bonds. The summed E-state index contributed by atoms with van der Waals surface area (Å²) in [5, 5.41) is 3.77. The van der Waals surface area contributed by atoms with Crippen LogP contribution < -0.4 is 5.32 Å². The zero-order valence-electron chi connectivity index (χ0n) is 15.0. The lowest BCUT2D eigenvalue weighted by Gasteiger charge is -2.11. The Labute approximate surface area is 156 Å². The Hall–Kier alpha value is -2.60. The standard InChI is InChI=1S/C20H21NO4S/c1-4-17-12(2)9-18(26-17)20(23)24-11-19(22)21-13(3)16-10-14-7-5-6-8-15(14)25-16/h5-10,13H,4,11H2,1-3H3,(H,21,22)/t13-/m0/s1. The summed E-state index contributed by atoms with van der Waals surface area (Å²) in [6.45, 7) is 5.52. The molecule has 0 saturated heterocycles. The molecule has 3 aromatic rings. The summed E-state index contributed by atoms with van der Waals surface area (Å²) < 4.78 is 10.9. The number of carbonyl (C=O) groups is 2. The van der Waals surface area contributed by atoms with E-state index in [9.17, 15) is 9.59 Å². The molecule has 0 fully saturated rings. The summed E-state index contributed by atoms with van der Waals surface area (Å²) >= 11 is 1.41. The Balaban J connectivity index is 1.55. The van der Waals surface area contributed by atoms with E-state index in [1.54, 1.807) is 6.07 Å². The molecule has 0 spiro atoms. The van der Waals surface area contributed by atoms with Crippen molar-refractivity contribution in [2.75, 3.05) is 6.61 Å². The van der Waals surface area contributed by atoms with Gasteiger partial charge in [0.25, 0.3) is 5.91 Å². The summed E-state index contributed by atoms with van der Waals surface area (Å²) in [7, 11) is 0. The number of thiophene rings is 1. The first-order valence-electron chi connectivity index (χ1n) is 8.52. The molecule has 0 aliphatic heterocycles. The third kappa shape index (κ3) is 3.96. The summed E-state index contributed by atoms with van der Waals surface area (Å²) in [6, 6.07) is 11.0. The van der Waals surface area contributed by atoms with Gasteiger partial charge in [0.1, 0.15) is 16.2 Å². The van der Waals surface area contributed by atoms with Gasteiger partial charge >= 0.3 is 5.97 Å². The number of fused-ring (bicyclic) bond motifs is 1. The van der Waals surface area contributed by atoms with Crippen LogP contribution in [0.25, 0.3) is 11.0 Å². The second-order valence-corrected chi connectivity index (χ2v) is 7.26. The molecule has 0 aliphatic rings. The Bertz CT molecular complexity index is 907. The molecule has 136 valence electrons. The van der Waals surface area contributed by atoms with Crippen molar-refractivity contribution in [1.82, 2.24) is 5.32 Å². The Morgan fingerprint density at radius 1 is 1.27 bits per heavy atom. The molecule has 0 radical (unpaired) electrons. The minimum absolute atomic E-state index is 0.315. The fourth-order valence-electron chi connectivity index (χ4n) is 2.74. The van der Waals surface area contributed by atoms with E-state index in [2.05, 4.69) is 5.32 Å². The number of para-hydroxylation sites is 1. The van der Waals surface area contributed by atoms with Crippen molar-refractivity contribution in [3.05, 3.63) is 57.5 Å². The smallest absolute Gasteiger partial charge is 0.348 e. The minimum Gasteiger partial charge on any atom is -0.459 e. The highest BCUT2D eigenvalue weighted by Crippen LogP contribution is 2.24. The van der Waals surface area contributed by atoms with Gasteiger partial charge < -0.3 is 14.5 Å². The van der Waals surface area contributed by atoms with Gasteiger partial charge in [0.05, 0.1) is 6.04 Å². The molecule has 0 unspecified atom stereocenters. The van der Waals surface area contributed by atoms with E-state index in [-0.39, 0.29) is 18.6 Å². The van der Waals surface area contributed by atoms with E-state index >= 15 is 0 Å². The minimum atomic E-state index is -0.468. The monoisotopic (exact) mass is 371 g/mol. The normalized spacial score (nSPS) is 12.1. The van der Waals surface area contributed by atoms with Gasteiger partial charge in [0.2, 0.25) is 0 Å². The highest BCUT2D eigenvalue weighted by Gasteiger charge is 2.17. The van der Waals surface area contributed by atoms with Crippen LogP contribution in [0.4, 0.5) is 0 Å². The molecule has 2 heterocycles. The van der Waals surface area contributed by atoms with Crippen molar-refractivity contribution in [2.24, 2.45) is 0 Å². The predicted octanol–water partition coefficient (Wildman–Crippen LogP) is 4.40. The second-order valence-electron chi connectivity index (χ2n) is 6.12. The van der Waals surface area contributed by atoms with Crippen molar-refractivity contribution in [3.63, 3.8) is 0 Å². The van der Waals surface area contributed by atoms with Crippen LogP contribution in [0.3, 0.4) is 0 Å². The summed E-state index contributed by atoms with van der Waals surface area (Å²) in [5.41, 5.74) is 1.85. The molecule has 0 aliphatic carbocycles. The second kappa shape index (κ2) is 7.74. The maximum Gasteiger partial charge on any atom is 0.348 e. The topological polar surface area (TPSA) is 68.5 Å². The van der Waals surface area contributed by atoms with Gasteiger partial charge in [-0.2, -0.15) is 0 Å². The number of hydrogen-bond donors (Lipinski definition) is 1. The zero-order valence-corrected chi connectivity index (χ0v) is 15.8. The van der Waals surface area contributed by atoms with Gasteiger partial charge in [-0.3, -0.25) is 4.79 Å². The van der Waals surface area contributed by atoms with E-state index in [1.807, 2.05) is 51.1 Å². The van der Waals surface area contributed by atoms with Crippen LogP contribution in [0.2, 0.25) is 0 Å². The SMILES string of the molecule is CCc1sc(C(=O)OCC(=O)N[C@@H](C)c2cc3ccccc3o2)cc1C. The highest BCUT2D eigenvalue weighted by atomic mass is 32.1. The molecule has 5 nitrogen and oxygen atoms in total. The van der Waals surface area contributed by atoms with Crippen molar-refractivity contribution in [3.8, 4) is 0 Å². The predicted molar refractivity (Wildman–Crippen MR) is 101 cm³/mol. The molecule has 3 rings (SSSR count). The number of esters is 1. The van der Waals surface area contributed by atoms with Gasteiger partial charge in [-0.15, -0.1) is 11.3 Å². The summed E-state index contributed by atoms with van der Waals surface area (Å²) in [6.07, 6.45) is 0.874. The maximum absolute atomic E-state index is 12.1. The van der Waals surface area contributed by atoms with Crippen LogP contribution in [0.1, 0.15) is 45.8 Å². The van der Waals surface area contributed by atoms with Gasteiger partial charge in [0.15, 0.2) is 6.61 Å². The molecule has 0 saturated carbocycles. The summed E-state index contributed by atoms with van der Waals surface area (Å²) in [5.74, 6) is -0.174. The molecule has 1 N–H and O–H groups in total. The molecule has 26 heavy (non-hydrogen) atoms. The van der Waals surface area contributed by atoms with E-state index in [1.165, 1.54) is 11.3 Å². The first-order chi connectivity index (χ1) is 12.5. The van der Waals surface area contributed by atoms with Crippen LogP contribution in [0, 0.1) is 6.92 Å². The first-order valence-corrected chi connectivity index (χ1v) is 9.34. The fraction of sp³-hybridized carbons (Fsp3) is 0.300. The van der Waals surface area contributed by atoms with Crippen molar-refractivity contribution in [2.45, 2.75) is 33.2 Å². The van der Waals surface area contributed by atoms with Gasteiger partial charge in [0, 0.05) is 10.3 Å². The lowest BCUT2D eigenvalue weighted by molar-refractivity contribution is -0.125. The number of nitrogens with one attached hydrogen (secondary N) is 1. The number of rotatable bonds is 6. The van der Waals surface area contributed by atoms with Crippen molar-refractivity contribution < 1.29 is 18.7 Å². The largest absolute Gasteiger partial charge is 0.459 e. The molecular weight excluding hydrogens is 350 g/mol. The lowest BCUT2D eigenvalue weighted by atomic mass is 10.2. The molecule has 1 atom stereocenters. The molecular formula is C20H21NO4S. The van der Waals surface area contributed by atoms with Crippen LogP contribution in [-0.4, -0.2) is 18.5 Å². The van der Waals surface area contributed by atoms with Crippen LogP contribution in [0.5, 0.6) is 0 Å². The number of ether oxygens (including phenoxy) is 1.